The highest BCUT2D eigenvalue weighted by Gasteiger charge is 2.16. The van der Waals surface area contributed by atoms with Crippen LogP contribution >= 0.6 is 23.2 Å². The second-order valence-electron chi connectivity index (χ2n) is 7.81. The first-order chi connectivity index (χ1) is 16.9. The van der Waals surface area contributed by atoms with E-state index in [9.17, 15) is 9.59 Å². The van der Waals surface area contributed by atoms with Crippen LogP contribution in [0.3, 0.4) is 0 Å². The predicted molar refractivity (Wildman–Crippen MR) is 136 cm³/mol. The molecule has 0 bridgehead atoms. The molecule has 10 heteroatoms. The molecule has 0 fully saturated rings. The Hall–Kier alpha value is -4.01. The number of carbonyl (C=O) groups is 1. The summed E-state index contributed by atoms with van der Waals surface area (Å²) in [6, 6.07) is 15.1. The topological polar surface area (TPSA) is 94.7 Å². The molecule has 174 valence electrons. The van der Waals surface area contributed by atoms with Crippen LogP contribution < -0.4 is 10.9 Å². The summed E-state index contributed by atoms with van der Waals surface area (Å²) in [6.07, 6.45) is 5.08. The molecule has 0 saturated carbocycles. The van der Waals surface area contributed by atoms with Crippen molar-refractivity contribution in [1.82, 2.24) is 24.1 Å². The fraction of sp³-hybridized carbons (Fsp3) is 0.0800. The van der Waals surface area contributed by atoms with Crippen LogP contribution in [-0.4, -0.2) is 30.0 Å². The van der Waals surface area contributed by atoms with Gasteiger partial charge in [-0.2, -0.15) is 0 Å². The minimum absolute atomic E-state index is 0.265. The molecule has 0 aliphatic rings. The van der Waals surface area contributed by atoms with E-state index in [2.05, 4.69) is 20.3 Å². The Morgan fingerprint density at radius 2 is 1.80 bits per heavy atom. The molecule has 0 aliphatic heterocycles. The van der Waals surface area contributed by atoms with Gasteiger partial charge in [0, 0.05) is 39.9 Å². The summed E-state index contributed by atoms with van der Waals surface area (Å²) in [5, 5.41) is 3.55. The molecule has 2 aromatic carbocycles. The van der Waals surface area contributed by atoms with E-state index < -0.39 is 0 Å². The lowest BCUT2D eigenvalue weighted by molar-refractivity contribution is 0.102. The van der Waals surface area contributed by atoms with Gasteiger partial charge in [-0.05, 0) is 55.5 Å². The smallest absolute Gasteiger partial charge is 0.280 e. The van der Waals surface area contributed by atoms with Crippen LogP contribution in [0.4, 0.5) is 5.69 Å². The van der Waals surface area contributed by atoms with Crippen LogP contribution in [0.5, 0.6) is 0 Å². The Morgan fingerprint density at radius 3 is 2.54 bits per heavy atom. The van der Waals surface area contributed by atoms with Gasteiger partial charge in [-0.25, -0.2) is 15.0 Å². The number of pyridine rings is 1. The largest absolute Gasteiger partial charge is 0.329 e. The fourth-order valence-electron chi connectivity index (χ4n) is 3.75. The highest BCUT2D eigenvalue weighted by atomic mass is 35.5. The maximum Gasteiger partial charge on any atom is 0.280 e. The molecule has 5 aromatic rings. The monoisotopic (exact) mass is 504 g/mol. The number of imidazole rings is 1. The third kappa shape index (κ3) is 4.66. The van der Waals surface area contributed by atoms with Gasteiger partial charge < -0.3 is 9.88 Å². The van der Waals surface area contributed by atoms with Gasteiger partial charge in [0.05, 0.1) is 12.2 Å². The second-order valence-corrected chi connectivity index (χ2v) is 8.68. The van der Waals surface area contributed by atoms with Crippen molar-refractivity contribution in [2.75, 3.05) is 5.32 Å². The lowest BCUT2D eigenvalue weighted by atomic mass is 10.2. The number of nitrogens with one attached hydrogen (secondary N) is 1. The van der Waals surface area contributed by atoms with Crippen LogP contribution in [0.15, 0.2) is 78.0 Å². The van der Waals surface area contributed by atoms with Crippen LogP contribution in [0, 0.1) is 6.92 Å². The molecular formula is C25H18Cl2N6O2. The van der Waals surface area contributed by atoms with Gasteiger partial charge in [-0.3, -0.25) is 14.2 Å². The number of anilines is 1. The molecule has 0 saturated heterocycles. The van der Waals surface area contributed by atoms with Crippen LogP contribution in [0.2, 0.25) is 10.0 Å². The summed E-state index contributed by atoms with van der Waals surface area (Å²) in [5.74, 6) is 0.391. The lowest BCUT2D eigenvalue weighted by Gasteiger charge is -2.14. The summed E-state index contributed by atoms with van der Waals surface area (Å²) >= 11 is 12.1. The minimum Gasteiger partial charge on any atom is -0.329 e. The fourth-order valence-corrected chi connectivity index (χ4v) is 4.28. The highest BCUT2D eigenvalue weighted by molar-refractivity contribution is 6.35. The third-order valence-electron chi connectivity index (χ3n) is 5.41. The zero-order valence-corrected chi connectivity index (χ0v) is 20.0. The van der Waals surface area contributed by atoms with Crippen molar-refractivity contribution in [3.8, 4) is 5.69 Å². The number of carbonyl (C=O) groups excluding carboxylic acids is 1. The van der Waals surface area contributed by atoms with Gasteiger partial charge in [0.1, 0.15) is 17.0 Å². The van der Waals surface area contributed by atoms with Gasteiger partial charge in [-0.1, -0.05) is 29.3 Å². The Kier molecular flexibility index (Phi) is 6.07. The SMILES string of the molecule is Cc1nccn1Cc1nc2cccnc2n(-c2cccc(NC(=O)c3cc(Cl)cc(Cl)c3)c2)c1=O. The highest BCUT2D eigenvalue weighted by Crippen LogP contribution is 2.22. The molecule has 0 radical (unpaired) electrons. The van der Waals surface area contributed by atoms with Gasteiger partial charge >= 0.3 is 0 Å². The number of rotatable bonds is 5. The molecule has 0 unspecified atom stereocenters. The first-order valence-corrected chi connectivity index (χ1v) is 11.4. The van der Waals surface area contributed by atoms with Crippen molar-refractivity contribution in [2.45, 2.75) is 13.5 Å². The quantitative estimate of drug-likeness (QED) is 0.367. The van der Waals surface area contributed by atoms with Crippen LogP contribution in [0.25, 0.3) is 16.9 Å². The molecule has 1 amide bonds. The van der Waals surface area contributed by atoms with E-state index >= 15 is 0 Å². The van der Waals surface area contributed by atoms with E-state index in [1.54, 1.807) is 61.1 Å². The summed E-state index contributed by atoms with van der Waals surface area (Å²) in [5.41, 5.74) is 2.36. The van der Waals surface area contributed by atoms with Crippen molar-refractivity contribution < 1.29 is 4.79 Å². The van der Waals surface area contributed by atoms with Crippen molar-refractivity contribution >= 4 is 46.0 Å². The summed E-state index contributed by atoms with van der Waals surface area (Å²) in [7, 11) is 0. The lowest BCUT2D eigenvalue weighted by Crippen LogP contribution is -2.27. The van der Waals surface area contributed by atoms with Crippen molar-refractivity contribution in [3.63, 3.8) is 0 Å². The van der Waals surface area contributed by atoms with E-state index in [0.717, 1.165) is 5.82 Å². The molecule has 8 nitrogen and oxygen atoms in total. The number of hydrogen-bond acceptors (Lipinski definition) is 5. The number of nitrogens with zero attached hydrogens (tertiary/aromatic N) is 5. The van der Waals surface area contributed by atoms with E-state index in [1.165, 1.54) is 16.7 Å². The summed E-state index contributed by atoms with van der Waals surface area (Å²) in [4.78, 5) is 39.5. The molecular weight excluding hydrogens is 487 g/mol. The number of halogens is 2. The predicted octanol–water partition coefficient (Wildman–Crippen LogP) is 4.89. The van der Waals surface area contributed by atoms with Crippen LogP contribution in [-0.2, 0) is 6.54 Å². The normalized spacial score (nSPS) is 11.1. The standard InChI is InChI=1S/C25H18Cl2N6O2/c1-15-28-8-9-32(15)14-22-25(35)33(23-21(31-22)6-3-7-29-23)20-5-2-4-19(13-20)30-24(34)16-10-17(26)12-18(27)11-16/h2-13H,14H2,1H3,(H,30,34). The van der Waals surface area contributed by atoms with E-state index in [-0.39, 0.29) is 18.0 Å². The van der Waals surface area contributed by atoms with Gasteiger partial charge in [0.25, 0.3) is 11.5 Å². The van der Waals surface area contributed by atoms with Crippen LogP contribution in [0.1, 0.15) is 21.9 Å². The van der Waals surface area contributed by atoms with Gasteiger partial charge in [0.15, 0.2) is 5.65 Å². The minimum atomic E-state index is -0.382. The van der Waals surface area contributed by atoms with Crippen molar-refractivity contribution in [1.29, 1.82) is 0 Å². The zero-order chi connectivity index (χ0) is 24.5. The summed E-state index contributed by atoms with van der Waals surface area (Å²) < 4.78 is 3.35. The van der Waals surface area contributed by atoms with Crippen molar-refractivity contribution in [3.05, 3.63) is 111 Å². The molecule has 0 atom stereocenters. The van der Waals surface area contributed by atoms with Crippen molar-refractivity contribution in [2.24, 2.45) is 0 Å². The Bertz CT molecular complexity index is 1620. The maximum atomic E-state index is 13.6. The van der Waals surface area contributed by atoms with E-state index in [4.69, 9.17) is 23.2 Å². The van der Waals surface area contributed by atoms with E-state index in [1.807, 2.05) is 11.5 Å². The Balaban J connectivity index is 1.57. The molecule has 3 aromatic heterocycles. The van der Waals surface area contributed by atoms with Gasteiger partial charge in [0.2, 0.25) is 0 Å². The second kappa shape index (κ2) is 9.32. The number of hydrogen-bond donors (Lipinski definition) is 1. The third-order valence-corrected chi connectivity index (χ3v) is 5.85. The first-order valence-electron chi connectivity index (χ1n) is 10.6. The van der Waals surface area contributed by atoms with Gasteiger partial charge in [-0.15, -0.1) is 0 Å². The number of aromatic nitrogens is 5. The number of fused-ring (bicyclic) bond motifs is 1. The number of benzene rings is 2. The molecule has 3 heterocycles. The zero-order valence-electron chi connectivity index (χ0n) is 18.4. The maximum absolute atomic E-state index is 13.6. The average Bonchev–Trinajstić information content (AvgIpc) is 3.23. The van der Waals surface area contributed by atoms with E-state index in [0.29, 0.717) is 43.8 Å². The molecule has 1 N–H and O–H groups in total. The summed E-state index contributed by atoms with van der Waals surface area (Å²) in [6.45, 7) is 2.13. The number of aryl methyl sites for hydroxylation is 1. The molecule has 0 aliphatic carbocycles. The number of amides is 1. The molecule has 0 spiro atoms. The average molecular weight is 505 g/mol. The molecule has 5 rings (SSSR count). The first kappa shape index (κ1) is 22.8. The molecule has 35 heavy (non-hydrogen) atoms. The Morgan fingerprint density at radius 1 is 1.00 bits per heavy atom. The Labute approximate surface area is 209 Å².